The van der Waals surface area contributed by atoms with Crippen molar-refractivity contribution in [3.8, 4) is 0 Å². The summed E-state index contributed by atoms with van der Waals surface area (Å²) in [6.45, 7) is 5.17. The fourth-order valence-corrected chi connectivity index (χ4v) is 3.55. The lowest BCUT2D eigenvalue weighted by Gasteiger charge is -2.08. The molecule has 0 aliphatic carbocycles. The molecule has 1 amide bonds. The summed E-state index contributed by atoms with van der Waals surface area (Å²) in [6, 6.07) is 20.6. The third-order valence-electron chi connectivity index (χ3n) is 5.25. The normalized spacial score (nSPS) is 11.4. The van der Waals surface area contributed by atoms with E-state index in [-0.39, 0.29) is 18.3 Å². The predicted octanol–water partition coefficient (Wildman–Crippen LogP) is 3.91. The molecular formula is C26H27N5O3. The highest BCUT2D eigenvalue weighted by Gasteiger charge is 2.08. The highest BCUT2D eigenvalue weighted by atomic mass is 16.6. The van der Waals surface area contributed by atoms with Gasteiger partial charge in [-0.2, -0.15) is 5.10 Å². The summed E-state index contributed by atoms with van der Waals surface area (Å²) in [7, 11) is 0. The van der Waals surface area contributed by atoms with Crippen LogP contribution in [-0.4, -0.2) is 21.5 Å². The van der Waals surface area contributed by atoms with Crippen LogP contribution in [0.4, 0.5) is 0 Å². The molecule has 0 unspecified atom stereocenters. The smallest absolute Gasteiger partial charge is 0.251 e. The van der Waals surface area contributed by atoms with Crippen molar-refractivity contribution < 1.29 is 14.0 Å². The van der Waals surface area contributed by atoms with E-state index >= 15 is 0 Å². The molecule has 8 nitrogen and oxygen atoms in total. The van der Waals surface area contributed by atoms with Gasteiger partial charge >= 0.3 is 0 Å². The molecule has 0 atom stereocenters. The number of rotatable bonds is 9. The van der Waals surface area contributed by atoms with Crippen LogP contribution in [0, 0.1) is 13.8 Å². The van der Waals surface area contributed by atoms with E-state index in [1.54, 1.807) is 30.5 Å². The van der Waals surface area contributed by atoms with Crippen LogP contribution in [0.5, 0.6) is 0 Å². The standard InChI is InChI=1S/C26H27N5O3/c1-18-12-19(2)31(29-18)16-20-6-3-8-22(13-20)25(27)30-34-17-21-7-4-9-23(14-21)26(32)28-15-24-10-5-11-33-24/h3-14H,15-17H2,1-2H3,(H2,27,30)(H,28,32). The van der Waals surface area contributed by atoms with Crippen LogP contribution < -0.4 is 11.1 Å². The van der Waals surface area contributed by atoms with Crippen molar-refractivity contribution in [1.82, 2.24) is 15.1 Å². The minimum Gasteiger partial charge on any atom is -0.467 e. The molecule has 0 fully saturated rings. The second kappa shape index (κ2) is 10.5. The van der Waals surface area contributed by atoms with Crippen LogP contribution in [0.15, 0.2) is 82.6 Å². The van der Waals surface area contributed by atoms with E-state index in [4.69, 9.17) is 15.0 Å². The van der Waals surface area contributed by atoms with Crippen molar-refractivity contribution in [3.63, 3.8) is 0 Å². The summed E-state index contributed by atoms with van der Waals surface area (Å²) in [5.41, 5.74) is 11.4. The Bertz CT molecular complexity index is 1290. The lowest BCUT2D eigenvalue weighted by Crippen LogP contribution is -2.22. The molecule has 0 aliphatic heterocycles. The number of carbonyl (C=O) groups excluding carboxylic acids is 1. The third kappa shape index (κ3) is 5.92. The molecule has 2 aromatic carbocycles. The lowest BCUT2D eigenvalue weighted by molar-refractivity contribution is 0.0947. The molecule has 34 heavy (non-hydrogen) atoms. The number of benzene rings is 2. The molecule has 0 aliphatic rings. The molecule has 4 rings (SSSR count). The quantitative estimate of drug-likeness (QED) is 0.225. The third-order valence-corrected chi connectivity index (χ3v) is 5.25. The van der Waals surface area contributed by atoms with Crippen LogP contribution in [-0.2, 0) is 24.5 Å². The summed E-state index contributed by atoms with van der Waals surface area (Å²) in [4.78, 5) is 17.9. The molecule has 0 radical (unpaired) electrons. The highest BCUT2D eigenvalue weighted by molar-refractivity contribution is 5.97. The Labute approximate surface area is 198 Å². The van der Waals surface area contributed by atoms with Gasteiger partial charge in [0.25, 0.3) is 5.91 Å². The lowest BCUT2D eigenvalue weighted by atomic mass is 10.1. The molecule has 2 aromatic heterocycles. The Morgan fingerprint density at radius 1 is 1.06 bits per heavy atom. The molecule has 3 N–H and O–H groups in total. The first-order chi connectivity index (χ1) is 16.5. The molecule has 8 heteroatoms. The largest absolute Gasteiger partial charge is 0.467 e. The van der Waals surface area contributed by atoms with Crippen molar-refractivity contribution in [1.29, 1.82) is 0 Å². The number of nitrogens with one attached hydrogen (secondary N) is 1. The maximum absolute atomic E-state index is 12.4. The molecule has 0 saturated heterocycles. The summed E-state index contributed by atoms with van der Waals surface area (Å²) < 4.78 is 7.19. The monoisotopic (exact) mass is 457 g/mol. The number of hydrogen-bond donors (Lipinski definition) is 2. The van der Waals surface area contributed by atoms with E-state index in [0.717, 1.165) is 28.1 Å². The number of aromatic nitrogens is 2. The van der Waals surface area contributed by atoms with Gasteiger partial charge in [0, 0.05) is 16.8 Å². The van der Waals surface area contributed by atoms with Gasteiger partial charge < -0.3 is 20.3 Å². The first-order valence-corrected chi connectivity index (χ1v) is 10.9. The molecule has 174 valence electrons. The number of aryl methyl sites for hydroxylation is 2. The van der Waals surface area contributed by atoms with Gasteiger partial charge in [0.15, 0.2) is 5.84 Å². The van der Waals surface area contributed by atoms with Crippen molar-refractivity contribution in [3.05, 3.63) is 112 Å². The minimum atomic E-state index is -0.194. The molecule has 2 heterocycles. The van der Waals surface area contributed by atoms with Crippen LogP contribution in [0.1, 0.15) is 44.2 Å². The summed E-state index contributed by atoms with van der Waals surface area (Å²) in [5.74, 6) is 0.778. The van der Waals surface area contributed by atoms with E-state index in [0.29, 0.717) is 24.4 Å². The summed E-state index contributed by atoms with van der Waals surface area (Å²) in [6.07, 6.45) is 1.57. The van der Waals surface area contributed by atoms with Crippen LogP contribution in [0.25, 0.3) is 0 Å². The van der Waals surface area contributed by atoms with Gasteiger partial charge in [0.2, 0.25) is 0 Å². The number of hydrogen-bond acceptors (Lipinski definition) is 5. The fourth-order valence-electron chi connectivity index (χ4n) is 3.55. The average molecular weight is 458 g/mol. The van der Waals surface area contributed by atoms with Crippen molar-refractivity contribution in [2.75, 3.05) is 0 Å². The van der Waals surface area contributed by atoms with Gasteiger partial charge in [-0.05, 0) is 61.4 Å². The Balaban J connectivity index is 1.34. The van der Waals surface area contributed by atoms with Crippen LogP contribution >= 0.6 is 0 Å². The Kier molecular flexibility index (Phi) is 7.07. The Morgan fingerprint density at radius 2 is 1.82 bits per heavy atom. The second-order valence-electron chi connectivity index (χ2n) is 8.00. The molecule has 0 spiro atoms. The van der Waals surface area contributed by atoms with Gasteiger partial charge in [-0.15, -0.1) is 0 Å². The number of amides is 1. The van der Waals surface area contributed by atoms with Gasteiger partial charge in [0.1, 0.15) is 12.4 Å². The maximum atomic E-state index is 12.4. The van der Waals surface area contributed by atoms with Gasteiger partial charge in [-0.25, -0.2) is 0 Å². The number of furan rings is 1. The van der Waals surface area contributed by atoms with Gasteiger partial charge in [-0.1, -0.05) is 35.5 Å². The van der Waals surface area contributed by atoms with Crippen molar-refractivity contribution >= 4 is 11.7 Å². The number of nitrogens with zero attached hydrogens (tertiary/aromatic N) is 3. The number of carbonyl (C=O) groups is 1. The summed E-state index contributed by atoms with van der Waals surface area (Å²) >= 11 is 0. The van der Waals surface area contributed by atoms with E-state index in [2.05, 4.69) is 15.6 Å². The van der Waals surface area contributed by atoms with Crippen LogP contribution in [0.3, 0.4) is 0 Å². The van der Waals surface area contributed by atoms with E-state index in [9.17, 15) is 4.79 Å². The molecular weight excluding hydrogens is 430 g/mol. The first-order valence-electron chi connectivity index (χ1n) is 10.9. The molecule has 4 aromatic rings. The predicted molar refractivity (Wildman–Crippen MR) is 129 cm³/mol. The van der Waals surface area contributed by atoms with Crippen molar-refractivity contribution in [2.45, 2.75) is 33.5 Å². The second-order valence-corrected chi connectivity index (χ2v) is 8.00. The van der Waals surface area contributed by atoms with E-state index < -0.39 is 0 Å². The molecule has 0 bridgehead atoms. The highest BCUT2D eigenvalue weighted by Crippen LogP contribution is 2.11. The van der Waals surface area contributed by atoms with Crippen LogP contribution in [0.2, 0.25) is 0 Å². The Hall–Kier alpha value is -4.33. The van der Waals surface area contributed by atoms with E-state index in [1.165, 1.54) is 0 Å². The summed E-state index contributed by atoms with van der Waals surface area (Å²) in [5, 5.41) is 11.4. The average Bonchev–Trinajstić information content (AvgIpc) is 3.47. The zero-order valence-corrected chi connectivity index (χ0v) is 19.2. The first kappa shape index (κ1) is 22.8. The topological polar surface area (TPSA) is 108 Å². The zero-order chi connectivity index (χ0) is 23.9. The molecule has 0 saturated carbocycles. The van der Waals surface area contributed by atoms with Crippen molar-refractivity contribution in [2.24, 2.45) is 10.9 Å². The SMILES string of the molecule is Cc1cc(C)n(Cc2cccc(/C(N)=N/OCc3cccc(C(=O)NCc4ccco4)c3)c2)n1. The zero-order valence-electron chi connectivity index (χ0n) is 19.2. The maximum Gasteiger partial charge on any atom is 0.251 e. The fraction of sp³-hybridized carbons (Fsp3) is 0.192. The van der Waals surface area contributed by atoms with Gasteiger partial charge in [0.05, 0.1) is 25.0 Å². The Morgan fingerprint density at radius 3 is 2.56 bits per heavy atom. The number of amidine groups is 1. The van der Waals surface area contributed by atoms with Gasteiger partial charge in [-0.3, -0.25) is 9.48 Å². The van der Waals surface area contributed by atoms with E-state index in [1.807, 2.05) is 61.0 Å². The minimum absolute atomic E-state index is 0.186. The number of oxime groups is 1. The number of nitrogens with two attached hydrogens (primary N) is 1.